The molecule has 2 aromatic heterocycles. The predicted octanol–water partition coefficient (Wildman–Crippen LogP) is 5.21. The third kappa shape index (κ3) is 4.86. The van der Waals surface area contributed by atoms with Crippen LogP contribution in [0.5, 0.6) is 0 Å². The molecule has 4 atom stereocenters. The smallest absolute Gasteiger partial charge is 0.123 e. The van der Waals surface area contributed by atoms with E-state index >= 15 is 0 Å². The van der Waals surface area contributed by atoms with Crippen molar-refractivity contribution in [2.75, 3.05) is 13.1 Å². The second-order valence-corrected chi connectivity index (χ2v) is 10.4. The zero-order chi connectivity index (χ0) is 24.5. The molecule has 0 bridgehead atoms. The zero-order valence-electron chi connectivity index (χ0n) is 20.8. The molecule has 4 N–H and O–H groups in total. The summed E-state index contributed by atoms with van der Waals surface area (Å²) in [7, 11) is 0. The van der Waals surface area contributed by atoms with Gasteiger partial charge in [-0.3, -0.25) is 0 Å². The van der Waals surface area contributed by atoms with Gasteiger partial charge in [-0.25, -0.2) is 9.97 Å². The highest BCUT2D eigenvalue weighted by molar-refractivity contribution is 5.62. The van der Waals surface area contributed by atoms with Gasteiger partial charge in [-0.05, 0) is 73.2 Å². The van der Waals surface area contributed by atoms with E-state index in [2.05, 4.69) is 105 Å². The Morgan fingerprint density at radius 3 is 1.42 bits per heavy atom. The average Bonchev–Trinajstić information content (AvgIpc) is 3.70. The second-order valence-electron chi connectivity index (χ2n) is 10.4. The van der Waals surface area contributed by atoms with Gasteiger partial charge in [-0.1, -0.05) is 50.0 Å². The summed E-state index contributed by atoms with van der Waals surface area (Å²) in [6.45, 7) is 6.65. The lowest BCUT2D eigenvalue weighted by atomic mass is 10.1. The van der Waals surface area contributed by atoms with Crippen LogP contribution in [0.4, 0.5) is 0 Å². The number of hydrogen-bond donors (Lipinski definition) is 4. The number of hydrogen-bond acceptors (Lipinski definition) is 4. The molecule has 2 aliphatic rings. The maximum atomic E-state index is 4.61. The zero-order valence-corrected chi connectivity index (χ0v) is 20.8. The van der Waals surface area contributed by atoms with Crippen molar-refractivity contribution in [1.29, 1.82) is 0 Å². The van der Waals surface area contributed by atoms with E-state index in [1.54, 1.807) is 0 Å². The van der Waals surface area contributed by atoms with Crippen molar-refractivity contribution >= 4 is 0 Å². The highest BCUT2D eigenvalue weighted by Crippen LogP contribution is 2.28. The van der Waals surface area contributed by atoms with Crippen molar-refractivity contribution in [3.8, 4) is 34.4 Å². The van der Waals surface area contributed by atoms with Crippen LogP contribution in [0.2, 0.25) is 0 Å². The minimum atomic E-state index is 0.328. The third-order valence-electron chi connectivity index (χ3n) is 7.30. The molecule has 2 aromatic carbocycles. The van der Waals surface area contributed by atoms with Crippen molar-refractivity contribution in [3.05, 3.63) is 83.7 Å². The molecule has 0 aliphatic carbocycles. The van der Waals surface area contributed by atoms with Gasteiger partial charge in [0.05, 0.1) is 35.9 Å². The van der Waals surface area contributed by atoms with E-state index < -0.39 is 0 Å². The van der Waals surface area contributed by atoms with Crippen LogP contribution in [0.3, 0.4) is 0 Å². The summed E-state index contributed by atoms with van der Waals surface area (Å²) < 4.78 is 0. The van der Waals surface area contributed by atoms with Gasteiger partial charge in [0, 0.05) is 11.1 Å². The van der Waals surface area contributed by atoms with E-state index in [0.29, 0.717) is 23.9 Å². The molecule has 4 heterocycles. The molecule has 6 heteroatoms. The summed E-state index contributed by atoms with van der Waals surface area (Å²) in [4.78, 5) is 16.2. The first-order valence-electron chi connectivity index (χ1n) is 12.9. The maximum absolute atomic E-state index is 4.61. The number of H-pyrrole nitrogens is 2. The molecule has 0 unspecified atom stereocenters. The Morgan fingerprint density at radius 2 is 1.06 bits per heavy atom. The Morgan fingerprint density at radius 1 is 0.639 bits per heavy atom. The molecular weight excluding hydrogens is 444 g/mol. The number of nitrogens with one attached hydrogen (secondary N) is 4. The largest absolute Gasteiger partial charge is 0.341 e. The predicted molar refractivity (Wildman–Crippen MR) is 143 cm³/mol. The fourth-order valence-electron chi connectivity index (χ4n) is 5.17. The van der Waals surface area contributed by atoms with Crippen LogP contribution in [0.15, 0.2) is 60.9 Å². The van der Waals surface area contributed by atoms with Crippen molar-refractivity contribution in [2.24, 2.45) is 11.8 Å². The number of imidazole rings is 2. The summed E-state index contributed by atoms with van der Waals surface area (Å²) in [6.07, 6.45) is 6.11. The van der Waals surface area contributed by atoms with Gasteiger partial charge in [0.25, 0.3) is 0 Å². The van der Waals surface area contributed by atoms with Gasteiger partial charge in [0.15, 0.2) is 0 Å². The summed E-state index contributed by atoms with van der Waals surface area (Å²) in [5.41, 5.74) is 6.31. The Kier molecular flexibility index (Phi) is 6.18. The van der Waals surface area contributed by atoms with Gasteiger partial charge >= 0.3 is 0 Å². The molecule has 0 radical (unpaired) electrons. The lowest BCUT2D eigenvalue weighted by molar-refractivity contribution is 0.588. The van der Waals surface area contributed by atoms with Crippen LogP contribution in [0.25, 0.3) is 22.5 Å². The molecule has 2 saturated heterocycles. The number of aromatic amines is 2. The molecule has 182 valence electrons. The molecule has 2 fully saturated rings. The van der Waals surface area contributed by atoms with Crippen molar-refractivity contribution in [3.63, 3.8) is 0 Å². The van der Waals surface area contributed by atoms with Gasteiger partial charge < -0.3 is 20.6 Å². The molecule has 4 aromatic rings. The van der Waals surface area contributed by atoms with E-state index in [1.807, 2.05) is 12.4 Å². The molecule has 2 aliphatic heterocycles. The lowest BCUT2D eigenvalue weighted by Gasteiger charge is -2.06. The number of benzene rings is 2. The van der Waals surface area contributed by atoms with E-state index in [0.717, 1.165) is 71.2 Å². The topological polar surface area (TPSA) is 81.4 Å². The van der Waals surface area contributed by atoms with E-state index in [9.17, 15) is 0 Å². The number of rotatable bonds is 4. The average molecular weight is 477 g/mol. The minimum absolute atomic E-state index is 0.328. The van der Waals surface area contributed by atoms with Crippen LogP contribution in [-0.4, -0.2) is 33.0 Å². The lowest BCUT2D eigenvalue weighted by Crippen LogP contribution is -2.14. The normalized spacial score (nSPS) is 23.5. The number of nitrogens with zero attached hydrogens (tertiary/aromatic N) is 2. The van der Waals surface area contributed by atoms with E-state index in [1.165, 1.54) is 0 Å². The summed E-state index contributed by atoms with van der Waals surface area (Å²) >= 11 is 0. The Hall–Kier alpha value is -3.66. The fraction of sp³-hybridized carbons (Fsp3) is 0.333. The molecule has 0 spiro atoms. The minimum Gasteiger partial charge on any atom is -0.341 e. The van der Waals surface area contributed by atoms with Crippen LogP contribution in [0.1, 0.15) is 61.5 Å². The first-order chi connectivity index (χ1) is 17.6. The second kappa shape index (κ2) is 9.77. The highest BCUT2D eigenvalue weighted by atomic mass is 15.0. The molecule has 6 nitrogen and oxygen atoms in total. The quantitative estimate of drug-likeness (QED) is 0.305. The van der Waals surface area contributed by atoms with Gasteiger partial charge in [-0.2, -0.15) is 0 Å². The third-order valence-corrected chi connectivity index (χ3v) is 7.30. The van der Waals surface area contributed by atoms with E-state index in [4.69, 9.17) is 0 Å². The van der Waals surface area contributed by atoms with Crippen LogP contribution < -0.4 is 10.6 Å². The Labute approximate surface area is 212 Å². The molecule has 0 amide bonds. The Bertz CT molecular complexity index is 1280. The molecule has 0 saturated carbocycles. The summed E-state index contributed by atoms with van der Waals surface area (Å²) in [6, 6.07) is 17.3. The van der Waals surface area contributed by atoms with E-state index in [-0.39, 0.29) is 0 Å². The van der Waals surface area contributed by atoms with Gasteiger partial charge in [-0.15, -0.1) is 0 Å². The van der Waals surface area contributed by atoms with Gasteiger partial charge in [0.1, 0.15) is 11.6 Å². The molecule has 6 rings (SSSR count). The van der Waals surface area contributed by atoms with Crippen LogP contribution >= 0.6 is 0 Å². The van der Waals surface area contributed by atoms with Crippen LogP contribution in [0, 0.1) is 23.7 Å². The van der Waals surface area contributed by atoms with Crippen molar-refractivity contribution in [1.82, 2.24) is 30.6 Å². The molecular formula is C30H32N6. The summed E-state index contributed by atoms with van der Waals surface area (Å²) in [5, 5.41) is 7.07. The first-order valence-corrected chi connectivity index (χ1v) is 12.9. The van der Waals surface area contributed by atoms with Gasteiger partial charge in [0.2, 0.25) is 0 Å². The van der Waals surface area contributed by atoms with Crippen molar-refractivity contribution in [2.45, 2.75) is 38.8 Å². The standard InChI is InChI=1S/C30H32N6/c1-19-13-25(31-15-19)29-33-17-27(35-29)23-9-5-21(6-10-23)3-4-22-7-11-24(12-8-22)28-18-34-30(36-28)26-14-20(2)16-32-26/h5-12,17-20,25-26,31-32H,13-16H2,1-2H3,(H,33,35)(H,34,36)/t19-,20-,25-,26-/m0/s1. The summed E-state index contributed by atoms with van der Waals surface area (Å²) in [5.74, 6) is 10.0. The number of aromatic nitrogens is 4. The monoisotopic (exact) mass is 476 g/mol. The molecule has 36 heavy (non-hydrogen) atoms. The van der Waals surface area contributed by atoms with Crippen molar-refractivity contribution < 1.29 is 0 Å². The Balaban J connectivity index is 1.10. The maximum Gasteiger partial charge on any atom is 0.123 e. The van der Waals surface area contributed by atoms with Crippen LogP contribution in [-0.2, 0) is 0 Å². The fourth-order valence-corrected chi connectivity index (χ4v) is 5.17. The highest BCUT2D eigenvalue weighted by Gasteiger charge is 2.25. The first kappa shape index (κ1) is 22.8. The SMILES string of the molecule is C[C@@H]1CN[C@H](c2ncc(-c3ccc(C#Cc4ccc(-c5cnc([C@@H]6C[C@H](C)CN6)[nH]5)cc4)cc3)[nH]2)C1.